The van der Waals surface area contributed by atoms with Crippen molar-refractivity contribution in [1.82, 2.24) is 0 Å². The van der Waals surface area contributed by atoms with Crippen LogP contribution in [0, 0.1) is 18.6 Å². The van der Waals surface area contributed by atoms with Crippen LogP contribution in [0.25, 0.3) is 0 Å². The van der Waals surface area contributed by atoms with Crippen molar-refractivity contribution >= 4 is 5.69 Å². The van der Waals surface area contributed by atoms with Gasteiger partial charge in [0, 0.05) is 11.3 Å². The van der Waals surface area contributed by atoms with Crippen LogP contribution < -0.4 is 5.32 Å². The van der Waals surface area contributed by atoms with Crippen molar-refractivity contribution in [2.24, 2.45) is 0 Å². The van der Waals surface area contributed by atoms with E-state index in [4.69, 9.17) is 0 Å². The summed E-state index contributed by atoms with van der Waals surface area (Å²) in [5.41, 5.74) is 1.55. The zero-order valence-corrected chi connectivity index (χ0v) is 10.7. The minimum absolute atomic E-state index is 0.00924. The molecular weight excluding hydrogens is 248 g/mol. The maximum absolute atomic E-state index is 13.6. The lowest BCUT2D eigenvalue weighted by molar-refractivity contribution is 0.475. The Morgan fingerprint density at radius 1 is 1.11 bits per heavy atom. The summed E-state index contributed by atoms with van der Waals surface area (Å²) in [6.07, 6.45) is 0. The molecule has 100 valence electrons. The van der Waals surface area contributed by atoms with Gasteiger partial charge in [-0.3, -0.25) is 0 Å². The third-order valence-corrected chi connectivity index (χ3v) is 3.01. The number of nitrogens with one attached hydrogen (secondary N) is 1. The largest absolute Gasteiger partial charge is 0.508 e. The monoisotopic (exact) mass is 263 g/mol. The van der Waals surface area contributed by atoms with Gasteiger partial charge in [0.05, 0.1) is 6.04 Å². The molecule has 1 atom stereocenters. The highest BCUT2D eigenvalue weighted by Gasteiger charge is 2.16. The van der Waals surface area contributed by atoms with E-state index in [-0.39, 0.29) is 11.3 Å². The predicted octanol–water partition coefficient (Wildman–Crippen LogP) is 4.15. The first kappa shape index (κ1) is 13.3. The molecule has 0 heterocycles. The molecule has 0 bridgehead atoms. The quantitative estimate of drug-likeness (QED) is 0.815. The second-order valence-corrected chi connectivity index (χ2v) is 4.50. The van der Waals surface area contributed by atoms with Crippen LogP contribution in [0.15, 0.2) is 36.4 Å². The summed E-state index contributed by atoms with van der Waals surface area (Å²) >= 11 is 0. The van der Waals surface area contributed by atoms with Crippen molar-refractivity contribution in [3.63, 3.8) is 0 Å². The number of hydrogen-bond acceptors (Lipinski definition) is 2. The van der Waals surface area contributed by atoms with Gasteiger partial charge in [0.15, 0.2) is 0 Å². The summed E-state index contributed by atoms with van der Waals surface area (Å²) in [5.74, 6) is -0.986. The van der Waals surface area contributed by atoms with Crippen molar-refractivity contribution in [2.45, 2.75) is 19.9 Å². The topological polar surface area (TPSA) is 32.3 Å². The summed E-state index contributed by atoms with van der Waals surface area (Å²) in [4.78, 5) is 0. The number of hydrogen-bond donors (Lipinski definition) is 2. The molecular formula is C15H15F2NO. The number of aromatic hydroxyl groups is 1. The summed E-state index contributed by atoms with van der Waals surface area (Å²) in [6.45, 7) is 3.50. The number of rotatable bonds is 3. The first-order chi connectivity index (χ1) is 8.99. The zero-order chi connectivity index (χ0) is 14.0. The second kappa shape index (κ2) is 5.26. The van der Waals surface area contributed by atoms with Crippen molar-refractivity contribution in [1.29, 1.82) is 0 Å². The molecule has 0 aliphatic carbocycles. The van der Waals surface area contributed by atoms with Crippen molar-refractivity contribution < 1.29 is 13.9 Å². The highest BCUT2D eigenvalue weighted by molar-refractivity contribution is 5.54. The molecule has 0 aromatic heterocycles. The third kappa shape index (κ3) is 2.84. The van der Waals surface area contributed by atoms with Gasteiger partial charge < -0.3 is 10.4 Å². The fourth-order valence-corrected chi connectivity index (χ4v) is 2.04. The van der Waals surface area contributed by atoms with Crippen LogP contribution in [0.2, 0.25) is 0 Å². The molecule has 0 radical (unpaired) electrons. The lowest BCUT2D eigenvalue weighted by atomic mass is 10.1. The van der Waals surface area contributed by atoms with E-state index < -0.39 is 17.7 Å². The van der Waals surface area contributed by atoms with E-state index in [1.165, 1.54) is 24.3 Å². The lowest BCUT2D eigenvalue weighted by Crippen LogP contribution is -2.11. The van der Waals surface area contributed by atoms with Crippen LogP contribution in [0.5, 0.6) is 5.75 Å². The standard InChI is InChI=1S/C15H15F2NO/c1-9-8-11(19)6-7-14(9)18-10(2)15-12(16)4-3-5-13(15)17/h3-8,10,18-19H,1-2H3. The highest BCUT2D eigenvalue weighted by Crippen LogP contribution is 2.27. The molecule has 2 aromatic rings. The van der Waals surface area contributed by atoms with Gasteiger partial charge in [-0.2, -0.15) is 0 Å². The van der Waals surface area contributed by atoms with Crippen molar-refractivity contribution in [3.8, 4) is 5.75 Å². The Bertz CT molecular complexity index is 578. The maximum Gasteiger partial charge on any atom is 0.131 e. The van der Waals surface area contributed by atoms with Gasteiger partial charge in [-0.25, -0.2) is 8.78 Å². The fourth-order valence-electron chi connectivity index (χ4n) is 2.04. The van der Waals surface area contributed by atoms with E-state index in [9.17, 15) is 13.9 Å². The van der Waals surface area contributed by atoms with Crippen LogP contribution >= 0.6 is 0 Å². The first-order valence-corrected chi connectivity index (χ1v) is 5.99. The summed E-state index contributed by atoms with van der Waals surface area (Å²) in [7, 11) is 0. The van der Waals surface area contributed by atoms with Crippen LogP contribution in [-0.2, 0) is 0 Å². The number of phenolic OH excluding ortho intramolecular Hbond substituents is 1. The number of benzene rings is 2. The van der Waals surface area contributed by atoms with Crippen LogP contribution in [0.4, 0.5) is 14.5 Å². The van der Waals surface area contributed by atoms with E-state index in [0.717, 1.165) is 11.3 Å². The van der Waals surface area contributed by atoms with Gasteiger partial charge >= 0.3 is 0 Å². The molecule has 0 amide bonds. The molecule has 2 rings (SSSR count). The van der Waals surface area contributed by atoms with Gasteiger partial charge in [0.1, 0.15) is 17.4 Å². The van der Waals surface area contributed by atoms with Crippen LogP contribution in [0.3, 0.4) is 0 Å². The minimum Gasteiger partial charge on any atom is -0.508 e. The molecule has 4 heteroatoms. The third-order valence-electron chi connectivity index (χ3n) is 3.01. The molecule has 2 aromatic carbocycles. The Morgan fingerprint density at radius 2 is 1.74 bits per heavy atom. The Balaban J connectivity index is 2.28. The van der Waals surface area contributed by atoms with E-state index >= 15 is 0 Å². The molecule has 0 aliphatic heterocycles. The zero-order valence-electron chi connectivity index (χ0n) is 10.7. The van der Waals surface area contributed by atoms with E-state index in [1.807, 2.05) is 6.92 Å². The Kier molecular flexibility index (Phi) is 3.69. The summed E-state index contributed by atoms with van der Waals surface area (Å²) < 4.78 is 27.3. The average molecular weight is 263 g/mol. The average Bonchev–Trinajstić information content (AvgIpc) is 2.32. The summed E-state index contributed by atoms with van der Waals surface area (Å²) in [6, 6.07) is 8.10. The van der Waals surface area contributed by atoms with Crippen LogP contribution in [0.1, 0.15) is 24.1 Å². The van der Waals surface area contributed by atoms with Gasteiger partial charge in [0.25, 0.3) is 0 Å². The molecule has 0 spiro atoms. The molecule has 19 heavy (non-hydrogen) atoms. The molecule has 2 nitrogen and oxygen atoms in total. The molecule has 0 aliphatic rings. The predicted molar refractivity (Wildman–Crippen MR) is 71.2 cm³/mol. The van der Waals surface area contributed by atoms with Crippen molar-refractivity contribution in [2.75, 3.05) is 5.32 Å². The van der Waals surface area contributed by atoms with Crippen molar-refractivity contribution in [3.05, 3.63) is 59.2 Å². The number of anilines is 1. The van der Waals surface area contributed by atoms with Gasteiger partial charge in [-0.1, -0.05) is 6.07 Å². The van der Waals surface area contributed by atoms with Gasteiger partial charge in [-0.05, 0) is 49.7 Å². The Hall–Kier alpha value is -2.10. The van der Waals surface area contributed by atoms with Crippen LogP contribution in [-0.4, -0.2) is 5.11 Å². The summed E-state index contributed by atoms with van der Waals surface area (Å²) in [5, 5.41) is 12.4. The highest BCUT2D eigenvalue weighted by atomic mass is 19.1. The van der Waals surface area contributed by atoms with E-state index in [1.54, 1.807) is 19.1 Å². The van der Waals surface area contributed by atoms with E-state index in [2.05, 4.69) is 5.32 Å². The lowest BCUT2D eigenvalue weighted by Gasteiger charge is -2.18. The number of aryl methyl sites for hydroxylation is 1. The number of halogens is 2. The SMILES string of the molecule is Cc1cc(O)ccc1NC(C)c1c(F)cccc1F. The Morgan fingerprint density at radius 3 is 2.32 bits per heavy atom. The number of phenols is 1. The maximum atomic E-state index is 13.6. The first-order valence-electron chi connectivity index (χ1n) is 5.99. The molecule has 0 saturated carbocycles. The molecule has 0 fully saturated rings. The van der Waals surface area contributed by atoms with E-state index in [0.29, 0.717) is 0 Å². The fraction of sp³-hybridized carbons (Fsp3) is 0.200. The molecule has 0 saturated heterocycles. The minimum atomic E-state index is -0.573. The van der Waals surface area contributed by atoms with Gasteiger partial charge in [0.2, 0.25) is 0 Å². The Labute approximate surface area is 110 Å². The molecule has 2 N–H and O–H groups in total. The smallest absolute Gasteiger partial charge is 0.131 e. The normalized spacial score (nSPS) is 12.2. The van der Waals surface area contributed by atoms with Gasteiger partial charge in [-0.15, -0.1) is 0 Å². The second-order valence-electron chi connectivity index (χ2n) is 4.50. The molecule has 1 unspecified atom stereocenters.